The highest BCUT2D eigenvalue weighted by Crippen LogP contribution is 2.39. The summed E-state index contributed by atoms with van der Waals surface area (Å²) in [5.41, 5.74) is 0.400. The van der Waals surface area contributed by atoms with Gasteiger partial charge in [-0.25, -0.2) is 9.59 Å². The zero-order chi connectivity index (χ0) is 14.0. The van der Waals surface area contributed by atoms with Crippen LogP contribution in [-0.4, -0.2) is 22.6 Å². The normalized spacial score (nSPS) is 14.8. The molecule has 19 heavy (non-hydrogen) atoms. The van der Waals surface area contributed by atoms with Crippen LogP contribution in [0.4, 0.5) is 10.5 Å². The summed E-state index contributed by atoms with van der Waals surface area (Å²) in [5.74, 6) is -0.481. The zero-order valence-electron chi connectivity index (χ0n) is 11.1. The van der Waals surface area contributed by atoms with Crippen molar-refractivity contribution in [1.29, 1.82) is 0 Å². The maximum atomic E-state index is 11.9. The third-order valence-corrected chi connectivity index (χ3v) is 3.40. The molecule has 5 heteroatoms. The van der Waals surface area contributed by atoms with Gasteiger partial charge in [0.15, 0.2) is 0 Å². The van der Waals surface area contributed by atoms with Gasteiger partial charge in [-0.1, -0.05) is 6.07 Å². The predicted octanol–water partition coefficient (Wildman–Crippen LogP) is 2.69. The molecule has 0 atom stereocenters. The molecule has 3 N–H and O–H groups in total. The lowest BCUT2D eigenvalue weighted by atomic mass is 9.99. The van der Waals surface area contributed by atoms with E-state index in [4.69, 9.17) is 5.11 Å². The van der Waals surface area contributed by atoms with Gasteiger partial charge >= 0.3 is 12.0 Å². The number of carbonyl (C=O) groups excluding carboxylic acids is 1. The van der Waals surface area contributed by atoms with Crippen LogP contribution in [0.1, 0.15) is 37.0 Å². The monoisotopic (exact) mass is 262 g/mol. The molecule has 0 radical (unpaired) electrons. The molecule has 1 saturated carbocycles. The maximum Gasteiger partial charge on any atom is 0.335 e. The van der Waals surface area contributed by atoms with Crippen LogP contribution in [0.15, 0.2) is 24.3 Å². The maximum absolute atomic E-state index is 11.9. The number of nitrogens with one attached hydrogen (secondary N) is 2. The smallest absolute Gasteiger partial charge is 0.335 e. The summed E-state index contributed by atoms with van der Waals surface area (Å²) < 4.78 is 0. The Kier molecular flexibility index (Phi) is 3.46. The van der Waals surface area contributed by atoms with E-state index in [2.05, 4.69) is 10.6 Å². The number of hydrogen-bond donors (Lipinski definition) is 3. The van der Waals surface area contributed by atoms with Gasteiger partial charge in [-0.05, 0) is 50.8 Å². The molecule has 102 valence electrons. The summed E-state index contributed by atoms with van der Waals surface area (Å²) in [6, 6.07) is 5.88. The van der Waals surface area contributed by atoms with E-state index in [-0.39, 0.29) is 17.1 Å². The van der Waals surface area contributed by atoms with Crippen molar-refractivity contribution < 1.29 is 14.7 Å². The van der Waals surface area contributed by atoms with Gasteiger partial charge in [0.25, 0.3) is 0 Å². The topological polar surface area (TPSA) is 78.4 Å². The molecule has 0 heterocycles. The van der Waals surface area contributed by atoms with Crippen molar-refractivity contribution in [3.05, 3.63) is 29.8 Å². The highest BCUT2D eigenvalue weighted by molar-refractivity contribution is 5.93. The SMILES string of the molecule is CC(C)(NC(=O)Nc1cccc(C(=O)O)c1)C1CC1. The van der Waals surface area contributed by atoms with Crippen molar-refractivity contribution >= 4 is 17.7 Å². The highest BCUT2D eigenvalue weighted by atomic mass is 16.4. The lowest BCUT2D eigenvalue weighted by molar-refractivity contribution is 0.0697. The van der Waals surface area contributed by atoms with Crippen molar-refractivity contribution in [2.45, 2.75) is 32.2 Å². The molecule has 0 bridgehead atoms. The summed E-state index contributed by atoms with van der Waals surface area (Å²) in [4.78, 5) is 22.7. The first-order valence-electron chi connectivity index (χ1n) is 6.31. The fraction of sp³-hybridized carbons (Fsp3) is 0.429. The number of rotatable bonds is 4. The third-order valence-electron chi connectivity index (χ3n) is 3.40. The van der Waals surface area contributed by atoms with Crippen LogP contribution in [0.25, 0.3) is 0 Å². The molecule has 1 aliphatic carbocycles. The van der Waals surface area contributed by atoms with E-state index in [1.165, 1.54) is 12.1 Å². The summed E-state index contributed by atoms with van der Waals surface area (Å²) in [6.07, 6.45) is 2.28. The quantitative estimate of drug-likeness (QED) is 0.780. The van der Waals surface area contributed by atoms with E-state index in [0.29, 0.717) is 11.6 Å². The van der Waals surface area contributed by atoms with Gasteiger partial charge in [0.05, 0.1) is 5.56 Å². The van der Waals surface area contributed by atoms with Crippen LogP contribution in [-0.2, 0) is 0 Å². The molecular weight excluding hydrogens is 244 g/mol. The van der Waals surface area contributed by atoms with E-state index >= 15 is 0 Å². The Morgan fingerprint density at radius 1 is 1.32 bits per heavy atom. The van der Waals surface area contributed by atoms with E-state index in [1.807, 2.05) is 13.8 Å². The average molecular weight is 262 g/mol. The van der Waals surface area contributed by atoms with Crippen molar-refractivity contribution in [1.82, 2.24) is 5.32 Å². The van der Waals surface area contributed by atoms with E-state index in [1.54, 1.807) is 12.1 Å². The zero-order valence-corrected chi connectivity index (χ0v) is 11.1. The first-order valence-corrected chi connectivity index (χ1v) is 6.31. The Labute approximate surface area is 112 Å². The Morgan fingerprint density at radius 3 is 2.58 bits per heavy atom. The number of carboxylic acid groups (broad SMARTS) is 1. The van der Waals surface area contributed by atoms with Crippen LogP contribution in [0.5, 0.6) is 0 Å². The molecule has 1 fully saturated rings. The molecule has 2 amide bonds. The van der Waals surface area contributed by atoms with Crippen molar-refractivity contribution in [3.8, 4) is 0 Å². The number of aromatic carboxylic acids is 1. The molecule has 1 aromatic rings. The van der Waals surface area contributed by atoms with Gasteiger partial charge in [-0.15, -0.1) is 0 Å². The molecule has 1 aromatic carbocycles. The summed E-state index contributed by atoms with van der Waals surface area (Å²) >= 11 is 0. The summed E-state index contributed by atoms with van der Waals surface area (Å²) in [5, 5.41) is 14.5. The fourth-order valence-corrected chi connectivity index (χ4v) is 2.09. The number of amides is 2. The Bertz CT molecular complexity index is 507. The second kappa shape index (κ2) is 4.91. The predicted molar refractivity (Wildman–Crippen MR) is 72.4 cm³/mol. The average Bonchev–Trinajstić information content (AvgIpc) is 3.12. The second-order valence-corrected chi connectivity index (χ2v) is 5.46. The molecule has 2 rings (SSSR count). The first-order chi connectivity index (χ1) is 8.88. The molecule has 0 unspecified atom stereocenters. The fourth-order valence-electron chi connectivity index (χ4n) is 2.09. The van der Waals surface area contributed by atoms with E-state index in [0.717, 1.165) is 12.8 Å². The van der Waals surface area contributed by atoms with E-state index in [9.17, 15) is 9.59 Å². The molecule has 0 aliphatic heterocycles. The number of anilines is 1. The number of carbonyl (C=O) groups is 2. The van der Waals surface area contributed by atoms with Gasteiger partial charge in [0, 0.05) is 11.2 Å². The van der Waals surface area contributed by atoms with Gasteiger partial charge in [0.2, 0.25) is 0 Å². The van der Waals surface area contributed by atoms with E-state index < -0.39 is 5.97 Å². The van der Waals surface area contributed by atoms with Gasteiger partial charge < -0.3 is 15.7 Å². The van der Waals surface area contributed by atoms with Crippen LogP contribution in [0.2, 0.25) is 0 Å². The largest absolute Gasteiger partial charge is 0.478 e. The van der Waals surface area contributed by atoms with Crippen LogP contribution < -0.4 is 10.6 Å². The van der Waals surface area contributed by atoms with Crippen LogP contribution in [0, 0.1) is 5.92 Å². The Hall–Kier alpha value is -2.04. The standard InChI is InChI=1S/C14H18N2O3/c1-14(2,10-6-7-10)16-13(19)15-11-5-3-4-9(8-11)12(17)18/h3-5,8,10H,6-7H2,1-2H3,(H,17,18)(H2,15,16,19). The number of hydrogen-bond acceptors (Lipinski definition) is 2. The number of benzene rings is 1. The van der Waals surface area contributed by atoms with Crippen LogP contribution in [0.3, 0.4) is 0 Å². The molecule has 5 nitrogen and oxygen atoms in total. The number of urea groups is 1. The molecule has 0 aromatic heterocycles. The molecule has 0 spiro atoms. The minimum absolute atomic E-state index is 0.152. The lowest BCUT2D eigenvalue weighted by Crippen LogP contribution is -2.47. The second-order valence-electron chi connectivity index (χ2n) is 5.46. The molecule has 1 aliphatic rings. The first kappa shape index (κ1) is 13.4. The lowest BCUT2D eigenvalue weighted by Gasteiger charge is -2.26. The minimum atomic E-state index is -1.01. The minimum Gasteiger partial charge on any atom is -0.478 e. The van der Waals surface area contributed by atoms with Crippen molar-refractivity contribution in [2.24, 2.45) is 5.92 Å². The highest BCUT2D eigenvalue weighted by Gasteiger charge is 2.38. The van der Waals surface area contributed by atoms with Crippen LogP contribution >= 0.6 is 0 Å². The Morgan fingerprint density at radius 2 is 2.00 bits per heavy atom. The summed E-state index contributed by atoms with van der Waals surface area (Å²) in [6.45, 7) is 4.00. The van der Waals surface area contributed by atoms with Gasteiger partial charge in [0.1, 0.15) is 0 Å². The third kappa shape index (κ3) is 3.47. The van der Waals surface area contributed by atoms with Crippen molar-refractivity contribution in [2.75, 3.05) is 5.32 Å². The van der Waals surface area contributed by atoms with Crippen molar-refractivity contribution in [3.63, 3.8) is 0 Å². The van der Waals surface area contributed by atoms with Gasteiger partial charge in [-0.2, -0.15) is 0 Å². The molecule has 0 saturated heterocycles. The molecular formula is C14H18N2O3. The van der Waals surface area contributed by atoms with Gasteiger partial charge in [-0.3, -0.25) is 0 Å². The summed E-state index contributed by atoms with van der Waals surface area (Å²) in [7, 11) is 0. The number of carboxylic acids is 1. The Balaban J connectivity index is 1.98.